The van der Waals surface area contributed by atoms with Gasteiger partial charge in [-0.3, -0.25) is 9.69 Å². The van der Waals surface area contributed by atoms with E-state index in [1.807, 2.05) is 98.8 Å². The fraction of sp³-hybridized carbons (Fsp3) is 0.185. The summed E-state index contributed by atoms with van der Waals surface area (Å²) in [6.07, 6.45) is 1.74. The molecule has 0 aromatic heterocycles. The van der Waals surface area contributed by atoms with Crippen LogP contribution in [0.2, 0.25) is 0 Å². The molecule has 0 radical (unpaired) electrons. The van der Waals surface area contributed by atoms with Crippen LogP contribution in [0, 0.1) is 0 Å². The number of carbonyl (C=O) groups is 1. The van der Waals surface area contributed by atoms with Crippen molar-refractivity contribution >= 4 is 40.3 Å². The summed E-state index contributed by atoms with van der Waals surface area (Å²) in [6.45, 7) is 4.93. The SMILES string of the molecule is CCOc1cc(C=C2SC(=S)N(Cc3ccccc3)C2=O)ccc1OC(C)c1ccccc1. The lowest BCUT2D eigenvalue weighted by Crippen LogP contribution is -2.27. The predicted molar refractivity (Wildman–Crippen MR) is 138 cm³/mol. The number of ether oxygens (including phenoxy) is 2. The van der Waals surface area contributed by atoms with Gasteiger partial charge in [-0.25, -0.2) is 0 Å². The Balaban J connectivity index is 1.53. The summed E-state index contributed by atoms with van der Waals surface area (Å²) in [4.78, 5) is 15.2. The summed E-state index contributed by atoms with van der Waals surface area (Å²) in [5, 5.41) is 0. The second-order valence-corrected chi connectivity index (χ2v) is 9.24. The van der Waals surface area contributed by atoms with Crippen molar-refractivity contribution in [1.82, 2.24) is 4.90 Å². The van der Waals surface area contributed by atoms with Gasteiger partial charge in [0, 0.05) is 0 Å². The number of benzene rings is 3. The molecule has 1 heterocycles. The van der Waals surface area contributed by atoms with Crippen LogP contribution in [-0.4, -0.2) is 21.7 Å². The summed E-state index contributed by atoms with van der Waals surface area (Å²) in [5.41, 5.74) is 2.99. The van der Waals surface area contributed by atoms with Crippen LogP contribution in [0.1, 0.15) is 36.6 Å². The van der Waals surface area contributed by atoms with E-state index in [1.54, 1.807) is 4.90 Å². The highest BCUT2D eigenvalue weighted by atomic mass is 32.2. The van der Waals surface area contributed by atoms with Crippen molar-refractivity contribution in [2.75, 3.05) is 6.61 Å². The molecular formula is C27H25NO3S2. The van der Waals surface area contributed by atoms with Gasteiger partial charge in [0.1, 0.15) is 10.4 Å². The number of thiocarbonyl (C=S) groups is 1. The Morgan fingerprint density at radius 2 is 1.70 bits per heavy atom. The number of hydrogen-bond acceptors (Lipinski definition) is 5. The zero-order valence-corrected chi connectivity index (χ0v) is 20.2. The van der Waals surface area contributed by atoms with Gasteiger partial charge in [-0.15, -0.1) is 0 Å². The third-order valence-electron chi connectivity index (χ3n) is 5.20. The van der Waals surface area contributed by atoms with Crippen LogP contribution in [0.15, 0.2) is 83.8 Å². The van der Waals surface area contributed by atoms with E-state index < -0.39 is 0 Å². The van der Waals surface area contributed by atoms with E-state index in [0.717, 1.165) is 16.7 Å². The van der Waals surface area contributed by atoms with Crippen molar-refractivity contribution in [1.29, 1.82) is 0 Å². The van der Waals surface area contributed by atoms with Crippen molar-refractivity contribution < 1.29 is 14.3 Å². The van der Waals surface area contributed by atoms with Gasteiger partial charge in [-0.1, -0.05) is 90.7 Å². The average Bonchev–Trinajstić information content (AvgIpc) is 3.09. The van der Waals surface area contributed by atoms with Gasteiger partial charge in [0.05, 0.1) is 18.1 Å². The topological polar surface area (TPSA) is 38.8 Å². The standard InChI is InChI=1S/C27H25NO3S2/c1-3-30-24-16-21(14-15-23(24)31-19(2)22-12-8-5-9-13-22)17-25-26(29)28(27(32)33-25)18-20-10-6-4-7-11-20/h4-17,19H,3,18H2,1-2H3. The molecule has 3 aromatic rings. The Labute approximate surface area is 204 Å². The monoisotopic (exact) mass is 475 g/mol. The first-order valence-electron chi connectivity index (χ1n) is 10.8. The Morgan fingerprint density at radius 1 is 1.00 bits per heavy atom. The molecule has 168 valence electrons. The van der Waals surface area contributed by atoms with E-state index >= 15 is 0 Å². The molecule has 4 rings (SSSR count). The fourth-order valence-electron chi connectivity index (χ4n) is 3.52. The molecule has 3 aromatic carbocycles. The molecular weight excluding hydrogens is 450 g/mol. The predicted octanol–water partition coefficient (Wildman–Crippen LogP) is 6.63. The number of rotatable bonds is 8. The van der Waals surface area contributed by atoms with E-state index in [0.29, 0.717) is 33.9 Å². The minimum Gasteiger partial charge on any atom is -0.490 e. The van der Waals surface area contributed by atoms with Crippen LogP contribution in [0.4, 0.5) is 0 Å². The third-order valence-corrected chi connectivity index (χ3v) is 6.57. The van der Waals surface area contributed by atoms with Gasteiger partial charge in [-0.05, 0) is 48.7 Å². The summed E-state index contributed by atoms with van der Waals surface area (Å²) in [6, 6.07) is 25.6. The molecule has 6 heteroatoms. The zero-order chi connectivity index (χ0) is 23.2. The number of nitrogens with zero attached hydrogens (tertiary/aromatic N) is 1. The molecule has 1 amide bonds. The van der Waals surface area contributed by atoms with Crippen LogP contribution in [-0.2, 0) is 11.3 Å². The lowest BCUT2D eigenvalue weighted by Gasteiger charge is -2.18. The molecule has 1 saturated heterocycles. The summed E-state index contributed by atoms with van der Waals surface area (Å²) >= 11 is 6.80. The van der Waals surface area contributed by atoms with E-state index in [9.17, 15) is 4.79 Å². The molecule has 1 aliphatic heterocycles. The van der Waals surface area contributed by atoms with Gasteiger partial charge in [0.25, 0.3) is 5.91 Å². The number of carbonyl (C=O) groups excluding carboxylic acids is 1. The molecule has 1 unspecified atom stereocenters. The largest absolute Gasteiger partial charge is 0.490 e. The van der Waals surface area contributed by atoms with Crippen molar-refractivity contribution in [3.8, 4) is 11.5 Å². The number of hydrogen-bond donors (Lipinski definition) is 0. The van der Waals surface area contributed by atoms with Gasteiger partial charge < -0.3 is 9.47 Å². The van der Waals surface area contributed by atoms with Crippen molar-refractivity contribution in [2.24, 2.45) is 0 Å². The molecule has 1 fully saturated rings. The summed E-state index contributed by atoms with van der Waals surface area (Å²) in [5.74, 6) is 1.24. The van der Waals surface area contributed by atoms with Crippen molar-refractivity contribution in [3.63, 3.8) is 0 Å². The second kappa shape index (κ2) is 10.7. The molecule has 1 atom stereocenters. The maximum atomic E-state index is 13.0. The highest BCUT2D eigenvalue weighted by Gasteiger charge is 2.32. The van der Waals surface area contributed by atoms with Crippen LogP contribution < -0.4 is 9.47 Å². The quantitative estimate of drug-likeness (QED) is 0.270. The van der Waals surface area contributed by atoms with Gasteiger partial charge in [0.2, 0.25) is 0 Å². The van der Waals surface area contributed by atoms with Gasteiger partial charge in [0.15, 0.2) is 11.5 Å². The molecule has 0 N–H and O–H groups in total. The molecule has 1 aliphatic rings. The normalized spacial score (nSPS) is 15.7. The fourth-order valence-corrected chi connectivity index (χ4v) is 4.77. The average molecular weight is 476 g/mol. The Hall–Kier alpha value is -3.09. The maximum absolute atomic E-state index is 13.0. The molecule has 0 spiro atoms. The van der Waals surface area contributed by atoms with E-state index in [1.165, 1.54) is 11.8 Å². The number of amides is 1. The molecule has 4 nitrogen and oxygen atoms in total. The molecule has 33 heavy (non-hydrogen) atoms. The minimum absolute atomic E-state index is 0.0789. The van der Waals surface area contributed by atoms with E-state index in [-0.39, 0.29) is 12.0 Å². The van der Waals surface area contributed by atoms with Crippen molar-refractivity contribution in [2.45, 2.75) is 26.5 Å². The second-order valence-electron chi connectivity index (χ2n) is 7.56. The maximum Gasteiger partial charge on any atom is 0.266 e. The Bertz CT molecular complexity index is 1160. The van der Waals surface area contributed by atoms with E-state index in [4.69, 9.17) is 21.7 Å². The molecule has 0 bridgehead atoms. The Morgan fingerprint density at radius 3 is 2.39 bits per heavy atom. The minimum atomic E-state index is -0.120. The summed E-state index contributed by atoms with van der Waals surface area (Å²) in [7, 11) is 0. The highest BCUT2D eigenvalue weighted by molar-refractivity contribution is 8.26. The Kier molecular flexibility index (Phi) is 7.47. The van der Waals surface area contributed by atoms with Crippen LogP contribution in [0.3, 0.4) is 0 Å². The molecule has 0 aliphatic carbocycles. The lowest BCUT2D eigenvalue weighted by molar-refractivity contribution is -0.122. The highest BCUT2D eigenvalue weighted by Crippen LogP contribution is 2.36. The number of thioether (sulfide) groups is 1. The van der Waals surface area contributed by atoms with Gasteiger partial charge >= 0.3 is 0 Å². The smallest absolute Gasteiger partial charge is 0.266 e. The lowest BCUT2D eigenvalue weighted by atomic mass is 10.1. The van der Waals surface area contributed by atoms with Crippen LogP contribution in [0.25, 0.3) is 6.08 Å². The molecule has 0 saturated carbocycles. The summed E-state index contributed by atoms with van der Waals surface area (Å²) < 4.78 is 12.6. The first kappa shape index (κ1) is 23.1. The zero-order valence-electron chi connectivity index (χ0n) is 18.6. The first-order valence-corrected chi connectivity index (χ1v) is 12.1. The van der Waals surface area contributed by atoms with Gasteiger partial charge in [-0.2, -0.15) is 0 Å². The van der Waals surface area contributed by atoms with Crippen LogP contribution in [0.5, 0.6) is 11.5 Å². The van der Waals surface area contributed by atoms with Crippen LogP contribution >= 0.6 is 24.0 Å². The first-order chi connectivity index (χ1) is 16.0. The third kappa shape index (κ3) is 5.64. The van der Waals surface area contributed by atoms with E-state index in [2.05, 4.69) is 0 Å². The van der Waals surface area contributed by atoms with Crippen molar-refractivity contribution in [3.05, 3.63) is 100 Å².